The number of fused-ring (bicyclic) bond motifs is 4. The number of imide groups is 1. The predicted octanol–water partition coefficient (Wildman–Crippen LogP) is 5.27. The molecular weight excluding hydrogens is 398 g/mol. The number of aryl methyl sites for hydroxylation is 2. The van der Waals surface area contributed by atoms with Gasteiger partial charge in [-0.15, -0.1) is 0 Å². The quantitative estimate of drug-likeness (QED) is 0.449. The van der Waals surface area contributed by atoms with Gasteiger partial charge in [-0.3, -0.25) is 9.69 Å². The third-order valence-electron chi connectivity index (χ3n) is 6.67. The lowest BCUT2D eigenvalue weighted by Gasteiger charge is -2.36. The van der Waals surface area contributed by atoms with E-state index in [1.54, 1.807) is 4.90 Å². The van der Waals surface area contributed by atoms with Crippen LogP contribution in [0.4, 0.5) is 10.5 Å². The van der Waals surface area contributed by atoms with Gasteiger partial charge in [-0.2, -0.15) is 0 Å². The number of carbonyl (C=O) groups excluding carboxylic acids is 2. The number of carbonyl (C=O) groups is 2. The number of aromatic nitrogens is 1. The van der Waals surface area contributed by atoms with Crippen molar-refractivity contribution < 1.29 is 9.59 Å². The second-order valence-electron chi connectivity index (χ2n) is 8.80. The second kappa shape index (κ2) is 6.82. The first kappa shape index (κ1) is 18.9. The first-order chi connectivity index (χ1) is 15.5. The number of hydrogen-bond donors (Lipinski definition) is 1. The summed E-state index contributed by atoms with van der Waals surface area (Å²) in [6.07, 6.45) is 0.508. The highest BCUT2D eigenvalue weighted by Gasteiger charge is 2.53. The summed E-state index contributed by atoms with van der Waals surface area (Å²) in [7, 11) is 0. The molecule has 4 aromatic rings. The molecule has 0 radical (unpaired) electrons. The number of amides is 3. The molecule has 1 aromatic heterocycles. The van der Waals surface area contributed by atoms with Crippen LogP contribution in [-0.2, 0) is 11.2 Å². The van der Waals surface area contributed by atoms with Gasteiger partial charge in [0.15, 0.2) is 0 Å². The Bertz CT molecular complexity index is 1400. The summed E-state index contributed by atoms with van der Waals surface area (Å²) in [6, 6.07) is 22.8. The molecule has 5 heteroatoms. The van der Waals surface area contributed by atoms with Crippen LogP contribution in [0.3, 0.4) is 0 Å². The number of para-hydroxylation sites is 1. The monoisotopic (exact) mass is 421 g/mol. The summed E-state index contributed by atoms with van der Waals surface area (Å²) in [6.45, 7) is 4.01. The summed E-state index contributed by atoms with van der Waals surface area (Å²) in [5.74, 6) is -0.158. The van der Waals surface area contributed by atoms with Crippen LogP contribution in [0.25, 0.3) is 10.9 Å². The summed E-state index contributed by atoms with van der Waals surface area (Å²) in [4.78, 5) is 34.1. The Kier molecular flexibility index (Phi) is 4.02. The summed E-state index contributed by atoms with van der Waals surface area (Å²) in [5.41, 5.74) is 6.93. The molecule has 0 unspecified atom stereocenters. The molecule has 6 rings (SSSR count). The normalized spacial score (nSPS) is 20.1. The van der Waals surface area contributed by atoms with E-state index >= 15 is 0 Å². The predicted molar refractivity (Wildman–Crippen MR) is 125 cm³/mol. The molecular formula is C27H23N3O2. The van der Waals surface area contributed by atoms with Gasteiger partial charge >= 0.3 is 6.03 Å². The SMILES string of the molecule is Cc1cccc([C@@H]2c3[nH]c4ccccc4c3C[C@H]3C(=O)N(c4cccc(C)c4)C(=O)N23)c1. The van der Waals surface area contributed by atoms with Gasteiger partial charge in [0, 0.05) is 23.0 Å². The molecule has 0 aliphatic carbocycles. The van der Waals surface area contributed by atoms with Crippen LogP contribution in [-0.4, -0.2) is 27.9 Å². The van der Waals surface area contributed by atoms with Crippen molar-refractivity contribution in [1.82, 2.24) is 9.88 Å². The van der Waals surface area contributed by atoms with Crippen molar-refractivity contribution in [3.05, 3.63) is 101 Å². The van der Waals surface area contributed by atoms with Crippen LogP contribution < -0.4 is 4.90 Å². The van der Waals surface area contributed by atoms with Gasteiger partial charge in [-0.25, -0.2) is 9.69 Å². The Balaban J connectivity index is 1.56. The number of nitrogens with zero attached hydrogens (tertiary/aromatic N) is 2. The van der Waals surface area contributed by atoms with Gasteiger partial charge in [0.05, 0.1) is 5.69 Å². The second-order valence-corrected chi connectivity index (χ2v) is 8.80. The Morgan fingerprint density at radius 2 is 1.62 bits per heavy atom. The number of benzene rings is 3. The van der Waals surface area contributed by atoms with Crippen molar-refractivity contribution in [1.29, 1.82) is 0 Å². The molecule has 2 aliphatic rings. The fraction of sp³-hybridized carbons (Fsp3) is 0.185. The third-order valence-corrected chi connectivity index (χ3v) is 6.67. The molecule has 1 N–H and O–H groups in total. The van der Waals surface area contributed by atoms with Gasteiger partial charge in [0.1, 0.15) is 12.1 Å². The van der Waals surface area contributed by atoms with E-state index in [-0.39, 0.29) is 18.0 Å². The molecule has 32 heavy (non-hydrogen) atoms. The molecule has 5 nitrogen and oxygen atoms in total. The maximum absolute atomic E-state index is 13.8. The molecule has 3 amide bonds. The van der Waals surface area contributed by atoms with Crippen molar-refractivity contribution in [2.75, 3.05) is 4.90 Å². The molecule has 0 bridgehead atoms. The van der Waals surface area contributed by atoms with Crippen molar-refractivity contribution in [2.45, 2.75) is 32.4 Å². The van der Waals surface area contributed by atoms with Gasteiger partial charge in [0.25, 0.3) is 5.91 Å². The summed E-state index contributed by atoms with van der Waals surface area (Å²) < 4.78 is 0. The molecule has 1 saturated heterocycles. The fourth-order valence-electron chi connectivity index (χ4n) is 5.27. The van der Waals surface area contributed by atoms with Crippen molar-refractivity contribution in [3.8, 4) is 0 Å². The number of H-pyrrole nitrogens is 1. The number of urea groups is 1. The van der Waals surface area contributed by atoms with Crippen LogP contribution in [0.5, 0.6) is 0 Å². The number of nitrogens with one attached hydrogen (secondary N) is 1. The topological polar surface area (TPSA) is 56.4 Å². The van der Waals surface area contributed by atoms with Crippen LogP contribution >= 0.6 is 0 Å². The van der Waals surface area contributed by atoms with Crippen LogP contribution in [0.1, 0.15) is 34.0 Å². The van der Waals surface area contributed by atoms with E-state index in [4.69, 9.17) is 0 Å². The molecule has 2 aliphatic heterocycles. The highest BCUT2D eigenvalue weighted by Crippen LogP contribution is 2.44. The lowest BCUT2D eigenvalue weighted by molar-refractivity contribution is -0.120. The largest absolute Gasteiger partial charge is 0.356 e. The smallest absolute Gasteiger partial charge is 0.332 e. The highest BCUT2D eigenvalue weighted by atomic mass is 16.2. The minimum absolute atomic E-state index is 0.158. The summed E-state index contributed by atoms with van der Waals surface area (Å²) >= 11 is 0. The van der Waals surface area contributed by atoms with Crippen LogP contribution in [0, 0.1) is 13.8 Å². The van der Waals surface area contributed by atoms with Gasteiger partial charge in [-0.05, 0) is 48.7 Å². The minimum atomic E-state index is -0.528. The zero-order chi connectivity index (χ0) is 22.0. The minimum Gasteiger partial charge on any atom is -0.356 e. The van der Waals surface area contributed by atoms with E-state index in [9.17, 15) is 9.59 Å². The maximum Gasteiger partial charge on any atom is 0.332 e. The number of anilines is 1. The third kappa shape index (κ3) is 2.64. The van der Waals surface area contributed by atoms with E-state index in [1.165, 1.54) is 4.90 Å². The molecule has 2 atom stereocenters. The summed E-state index contributed by atoms with van der Waals surface area (Å²) in [5, 5.41) is 1.12. The average Bonchev–Trinajstić information content (AvgIpc) is 3.27. The Morgan fingerprint density at radius 1 is 0.875 bits per heavy atom. The van der Waals surface area contributed by atoms with E-state index in [0.717, 1.165) is 38.9 Å². The van der Waals surface area contributed by atoms with E-state index in [0.29, 0.717) is 12.1 Å². The lowest BCUT2D eigenvalue weighted by atomic mass is 9.88. The lowest BCUT2D eigenvalue weighted by Crippen LogP contribution is -2.44. The van der Waals surface area contributed by atoms with E-state index < -0.39 is 6.04 Å². The van der Waals surface area contributed by atoms with E-state index in [2.05, 4.69) is 23.2 Å². The highest BCUT2D eigenvalue weighted by molar-refractivity contribution is 6.22. The standard InChI is InChI=1S/C27H23N3O2/c1-16-7-5-9-18(13-16)25-24-21(20-11-3-4-12-22(20)28-24)15-23-26(31)29(27(32)30(23)25)19-10-6-8-17(2)14-19/h3-14,23,25,28H,15H2,1-2H3/t23-,25+/m0/s1. The molecule has 3 heterocycles. The number of rotatable bonds is 2. The van der Waals surface area contributed by atoms with Gasteiger partial charge in [0.2, 0.25) is 0 Å². The number of hydrogen-bond acceptors (Lipinski definition) is 2. The van der Waals surface area contributed by atoms with Crippen LogP contribution in [0.2, 0.25) is 0 Å². The van der Waals surface area contributed by atoms with Crippen molar-refractivity contribution in [3.63, 3.8) is 0 Å². The van der Waals surface area contributed by atoms with Gasteiger partial charge < -0.3 is 4.98 Å². The van der Waals surface area contributed by atoms with Crippen molar-refractivity contribution in [2.24, 2.45) is 0 Å². The zero-order valence-electron chi connectivity index (χ0n) is 18.0. The first-order valence-electron chi connectivity index (χ1n) is 10.9. The van der Waals surface area contributed by atoms with Gasteiger partial charge in [-0.1, -0.05) is 60.2 Å². The first-order valence-corrected chi connectivity index (χ1v) is 10.9. The zero-order valence-corrected chi connectivity index (χ0v) is 18.0. The molecule has 0 saturated carbocycles. The molecule has 158 valence electrons. The maximum atomic E-state index is 13.8. The molecule has 0 spiro atoms. The Labute approximate surface area is 186 Å². The van der Waals surface area contributed by atoms with Crippen LogP contribution in [0.15, 0.2) is 72.8 Å². The Hall–Kier alpha value is -3.86. The fourth-order valence-corrected chi connectivity index (χ4v) is 5.27. The van der Waals surface area contributed by atoms with E-state index in [1.807, 2.05) is 68.4 Å². The number of aromatic amines is 1. The molecule has 3 aromatic carbocycles. The van der Waals surface area contributed by atoms with Crippen molar-refractivity contribution >= 4 is 28.5 Å². The average molecular weight is 422 g/mol. The molecule has 1 fully saturated rings. The Morgan fingerprint density at radius 3 is 2.41 bits per heavy atom.